The number of hydrogen-bond acceptors (Lipinski definition) is 4. The Labute approximate surface area is 133 Å². The monoisotopic (exact) mass is 336 g/mol. The van der Waals surface area contributed by atoms with E-state index < -0.39 is 10.0 Å². The second-order valence-corrected chi connectivity index (χ2v) is 7.75. The number of benzene rings is 1. The van der Waals surface area contributed by atoms with E-state index in [1.807, 2.05) is 5.38 Å². The highest BCUT2D eigenvalue weighted by molar-refractivity contribution is 7.89. The molecule has 3 rings (SSSR count). The summed E-state index contributed by atoms with van der Waals surface area (Å²) in [5.74, 6) is -0.242. The zero-order valence-corrected chi connectivity index (χ0v) is 13.6. The molecule has 1 aliphatic carbocycles. The Bertz CT molecular complexity index is 794. The van der Waals surface area contributed by atoms with Crippen molar-refractivity contribution in [3.8, 4) is 0 Å². The zero-order valence-electron chi connectivity index (χ0n) is 12.0. The average Bonchev–Trinajstić information content (AvgIpc) is 3.09. The van der Waals surface area contributed by atoms with Gasteiger partial charge in [0, 0.05) is 17.1 Å². The molecule has 7 heteroatoms. The first-order chi connectivity index (χ1) is 10.5. The van der Waals surface area contributed by atoms with Gasteiger partial charge in [-0.3, -0.25) is 4.79 Å². The Morgan fingerprint density at radius 1 is 1.27 bits per heavy atom. The predicted octanol–water partition coefficient (Wildman–Crippen LogP) is 2.75. The first kappa shape index (κ1) is 15.2. The van der Waals surface area contributed by atoms with Crippen LogP contribution in [0.5, 0.6) is 0 Å². The van der Waals surface area contributed by atoms with Crippen molar-refractivity contribution < 1.29 is 13.2 Å². The lowest BCUT2D eigenvalue weighted by Gasteiger charge is -2.13. The van der Waals surface area contributed by atoms with E-state index in [1.165, 1.54) is 11.3 Å². The second kappa shape index (κ2) is 5.83. The summed E-state index contributed by atoms with van der Waals surface area (Å²) in [4.78, 5) is 12.3. The second-order valence-electron chi connectivity index (χ2n) is 5.29. The van der Waals surface area contributed by atoms with E-state index in [4.69, 9.17) is 0 Å². The number of nitrogens with one attached hydrogen (secondary N) is 2. The van der Waals surface area contributed by atoms with E-state index in [0.29, 0.717) is 16.8 Å². The number of anilines is 1. The van der Waals surface area contributed by atoms with Crippen molar-refractivity contribution in [1.29, 1.82) is 0 Å². The number of rotatable bonds is 5. The molecule has 1 aromatic carbocycles. The van der Waals surface area contributed by atoms with Crippen LogP contribution in [0.4, 0.5) is 5.69 Å². The summed E-state index contributed by atoms with van der Waals surface area (Å²) < 4.78 is 27.4. The van der Waals surface area contributed by atoms with Crippen molar-refractivity contribution in [3.05, 3.63) is 46.2 Å². The van der Waals surface area contributed by atoms with Gasteiger partial charge in [0.05, 0.1) is 10.5 Å². The van der Waals surface area contributed by atoms with Gasteiger partial charge in [-0.1, -0.05) is 6.07 Å². The van der Waals surface area contributed by atoms with Crippen LogP contribution in [0.15, 0.2) is 39.9 Å². The van der Waals surface area contributed by atoms with Crippen molar-refractivity contribution in [3.63, 3.8) is 0 Å². The van der Waals surface area contributed by atoms with Gasteiger partial charge in [-0.25, -0.2) is 13.1 Å². The summed E-state index contributed by atoms with van der Waals surface area (Å²) in [6, 6.07) is 6.67. The van der Waals surface area contributed by atoms with Crippen molar-refractivity contribution in [1.82, 2.24) is 4.72 Å². The van der Waals surface area contributed by atoms with Gasteiger partial charge in [0.2, 0.25) is 10.0 Å². The van der Waals surface area contributed by atoms with Gasteiger partial charge in [-0.05, 0) is 48.9 Å². The van der Waals surface area contributed by atoms with Gasteiger partial charge in [0.1, 0.15) is 0 Å². The van der Waals surface area contributed by atoms with E-state index in [9.17, 15) is 13.2 Å². The maximum absolute atomic E-state index is 12.3. The Hall–Kier alpha value is -1.70. The number of carbonyl (C=O) groups is 1. The van der Waals surface area contributed by atoms with Crippen LogP contribution in [-0.4, -0.2) is 20.4 Å². The van der Waals surface area contributed by atoms with Crippen LogP contribution in [0, 0.1) is 6.92 Å². The number of amides is 1. The molecule has 22 heavy (non-hydrogen) atoms. The molecule has 1 saturated carbocycles. The highest BCUT2D eigenvalue weighted by atomic mass is 32.2. The van der Waals surface area contributed by atoms with Gasteiger partial charge in [-0.2, -0.15) is 11.3 Å². The lowest BCUT2D eigenvalue weighted by atomic mass is 10.2. The highest BCUT2D eigenvalue weighted by Gasteiger charge is 2.29. The third kappa shape index (κ3) is 3.21. The topological polar surface area (TPSA) is 75.3 Å². The van der Waals surface area contributed by atoms with Gasteiger partial charge in [0.15, 0.2) is 0 Å². The molecule has 116 valence electrons. The molecule has 0 bridgehead atoms. The van der Waals surface area contributed by atoms with E-state index in [-0.39, 0.29) is 16.8 Å². The Kier molecular flexibility index (Phi) is 4.03. The molecule has 2 aromatic rings. The van der Waals surface area contributed by atoms with E-state index in [1.54, 1.807) is 36.6 Å². The maximum atomic E-state index is 12.3. The minimum atomic E-state index is -3.54. The number of sulfonamides is 1. The number of carbonyl (C=O) groups excluding carboxylic acids is 1. The van der Waals surface area contributed by atoms with Crippen LogP contribution in [0.25, 0.3) is 0 Å². The number of hydrogen-bond donors (Lipinski definition) is 2. The average molecular weight is 336 g/mol. The zero-order chi connectivity index (χ0) is 15.7. The van der Waals surface area contributed by atoms with Gasteiger partial charge in [0.25, 0.3) is 5.91 Å². The van der Waals surface area contributed by atoms with Crippen LogP contribution >= 0.6 is 11.3 Å². The van der Waals surface area contributed by atoms with Gasteiger partial charge < -0.3 is 5.32 Å². The van der Waals surface area contributed by atoms with Crippen LogP contribution in [0.1, 0.15) is 28.8 Å². The fraction of sp³-hybridized carbons (Fsp3) is 0.267. The number of thiophene rings is 1. The quantitative estimate of drug-likeness (QED) is 0.881. The lowest BCUT2D eigenvalue weighted by molar-refractivity contribution is 0.102. The first-order valence-electron chi connectivity index (χ1n) is 6.93. The molecule has 1 fully saturated rings. The minimum absolute atomic E-state index is 0.0495. The third-order valence-corrected chi connectivity index (χ3v) is 5.85. The molecule has 0 saturated heterocycles. The smallest absolute Gasteiger partial charge is 0.256 e. The van der Waals surface area contributed by atoms with Crippen LogP contribution < -0.4 is 10.0 Å². The molecule has 5 nitrogen and oxygen atoms in total. The molecule has 0 unspecified atom stereocenters. The highest BCUT2D eigenvalue weighted by Crippen LogP contribution is 2.27. The standard InChI is InChI=1S/C15H16N2O3S2/c1-10-13(16-15(18)11-7-8-21-9-11)3-2-4-14(10)22(19,20)17-12-5-6-12/h2-4,7-9,12,17H,5-6H2,1H3,(H,16,18). The molecule has 1 amide bonds. The van der Waals surface area contributed by atoms with Gasteiger partial charge >= 0.3 is 0 Å². The summed E-state index contributed by atoms with van der Waals surface area (Å²) in [5.41, 5.74) is 1.61. The van der Waals surface area contributed by atoms with E-state index in [2.05, 4.69) is 10.0 Å². The molecule has 2 N–H and O–H groups in total. The normalized spacial score (nSPS) is 14.8. The Morgan fingerprint density at radius 2 is 2.05 bits per heavy atom. The Morgan fingerprint density at radius 3 is 2.68 bits per heavy atom. The molecule has 0 spiro atoms. The molecule has 1 heterocycles. The minimum Gasteiger partial charge on any atom is -0.322 e. The van der Waals surface area contributed by atoms with E-state index in [0.717, 1.165) is 12.8 Å². The fourth-order valence-electron chi connectivity index (χ4n) is 2.11. The van der Waals surface area contributed by atoms with Crippen molar-refractivity contribution in [2.45, 2.75) is 30.7 Å². The fourth-order valence-corrected chi connectivity index (χ4v) is 4.32. The van der Waals surface area contributed by atoms with Crippen LogP contribution in [0.2, 0.25) is 0 Å². The first-order valence-corrected chi connectivity index (χ1v) is 9.35. The summed E-state index contributed by atoms with van der Waals surface area (Å²) >= 11 is 1.44. The predicted molar refractivity (Wildman–Crippen MR) is 86.8 cm³/mol. The lowest BCUT2D eigenvalue weighted by Crippen LogP contribution is -2.26. The van der Waals surface area contributed by atoms with Crippen molar-refractivity contribution in [2.75, 3.05) is 5.32 Å². The Balaban J connectivity index is 1.87. The summed E-state index contributed by atoms with van der Waals surface area (Å²) in [6.45, 7) is 1.70. The molecular formula is C15H16N2O3S2. The summed E-state index contributed by atoms with van der Waals surface area (Å²) in [5, 5.41) is 6.34. The molecule has 0 atom stereocenters. The molecule has 0 radical (unpaired) electrons. The summed E-state index contributed by atoms with van der Waals surface area (Å²) in [7, 11) is -3.54. The van der Waals surface area contributed by atoms with Crippen LogP contribution in [0.3, 0.4) is 0 Å². The molecule has 0 aliphatic heterocycles. The third-order valence-electron chi connectivity index (χ3n) is 3.50. The molecule has 1 aromatic heterocycles. The SMILES string of the molecule is Cc1c(NC(=O)c2ccsc2)cccc1S(=O)(=O)NC1CC1. The van der Waals surface area contributed by atoms with Crippen molar-refractivity contribution >= 4 is 33.0 Å². The van der Waals surface area contributed by atoms with E-state index >= 15 is 0 Å². The summed E-state index contributed by atoms with van der Waals surface area (Å²) in [6.07, 6.45) is 1.76. The van der Waals surface area contributed by atoms with Gasteiger partial charge in [-0.15, -0.1) is 0 Å². The molecular weight excluding hydrogens is 320 g/mol. The van der Waals surface area contributed by atoms with Crippen LogP contribution in [-0.2, 0) is 10.0 Å². The van der Waals surface area contributed by atoms with Crippen molar-refractivity contribution in [2.24, 2.45) is 0 Å². The molecule has 1 aliphatic rings. The maximum Gasteiger partial charge on any atom is 0.256 e. The largest absolute Gasteiger partial charge is 0.322 e.